The number of benzene rings is 1. The molecule has 0 saturated heterocycles. The van der Waals surface area contributed by atoms with Crippen LogP contribution in [0.2, 0.25) is 0 Å². The molecule has 0 aliphatic carbocycles. The molecular weight excluding hydrogens is 304 g/mol. The highest BCUT2D eigenvalue weighted by molar-refractivity contribution is 9.10. The summed E-state index contributed by atoms with van der Waals surface area (Å²) in [5.74, 6) is -0.873. The molecule has 1 aliphatic rings. The lowest BCUT2D eigenvalue weighted by Crippen LogP contribution is -2.29. The molecule has 18 heavy (non-hydrogen) atoms. The zero-order valence-electron chi connectivity index (χ0n) is 10.0. The van der Waals surface area contributed by atoms with Crippen molar-refractivity contribution in [2.45, 2.75) is 25.9 Å². The van der Waals surface area contributed by atoms with Crippen LogP contribution in [-0.4, -0.2) is 11.6 Å². The quantitative estimate of drug-likeness (QED) is 0.730. The van der Waals surface area contributed by atoms with Crippen LogP contribution in [0, 0.1) is 11.6 Å². The first-order valence-corrected chi connectivity index (χ1v) is 6.47. The van der Waals surface area contributed by atoms with Gasteiger partial charge in [0.2, 0.25) is 0 Å². The Kier molecular flexibility index (Phi) is 2.54. The lowest BCUT2D eigenvalue weighted by Gasteiger charge is -2.30. The van der Waals surface area contributed by atoms with Crippen LogP contribution in [0.3, 0.4) is 0 Å². The van der Waals surface area contributed by atoms with Crippen molar-refractivity contribution in [3.8, 4) is 0 Å². The molecule has 1 aromatic heterocycles. The summed E-state index contributed by atoms with van der Waals surface area (Å²) < 4.78 is 33.8. The molecule has 2 heterocycles. The molecule has 0 unspecified atom stereocenters. The Hall–Kier alpha value is -0.940. The monoisotopic (exact) mass is 315 g/mol. The number of aromatic amines is 1. The summed E-state index contributed by atoms with van der Waals surface area (Å²) in [6.07, 6.45) is 0. The Morgan fingerprint density at radius 3 is 2.83 bits per heavy atom. The fraction of sp³-hybridized carbons (Fsp3) is 0.385. The van der Waals surface area contributed by atoms with Gasteiger partial charge in [-0.1, -0.05) is 13.8 Å². The minimum Gasteiger partial charge on any atom is -0.374 e. The maximum atomic E-state index is 14.3. The first-order chi connectivity index (χ1) is 8.42. The number of rotatable bonds is 0. The Morgan fingerprint density at radius 2 is 2.11 bits per heavy atom. The van der Waals surface area contributed by atoms with E-state index in [1.165, 1.54) is 0 Å². The van der Waals surface area contributed by atoms with Crippen LogP contribution in [0.1, 0.15) is 25.1 Å². The largest absolute Gasteiger partial charge is 0.374 e. The number of H-pyrrole nitrogens is 1. The van der Waals surface area contributed by atoms with Crippen LogP contribution in [0.25, 0.3) is 10.9 Å². The zero-order chi connectivity index (χ0) is 13.1. The van der Waals surface area contributed by atoms with Crippen molar-refractivity contribution < 1.29 is 13.5 Å². The molecule has 1 aliphatic heterocycles. The number of ether oxygens (including phenoxy) is 1. The first kappa shape index (κ1) is 12.1. The van der Waals surface area contributed by atoms with Gasteiger partial charge in [0.1, 0.15) is 11.6 Å². The summed E-state index contributed by atoms with van der Waals surface area (Å²) in [7, 11) is 0. The molecule has 2 nitrogen and oxygen atoms in total. The second kappa shape index (κ2) is 3.78. The molecule has 0 saturated carbocycles. The third-order valence-electron chi connectivity index (χ3n) is 3.39. The molecule has 5 heteroatoms. The molecule has 0 spiro atoms. The van der Waals surface area contributed by atoms with Gasteiger partial charge in [0, 0.05) is 16.5 Å². The third kappa shape index (κ3) is 1.53. The number of nitrogens with one attached hydrogen (secondary N) is 1. The lowest BCUT2D eigenvalue weighted by atomic mass is 9.82. The van der Waals surface area contributed by atoms with Crippen molar-refractivity contribution in [3.05, 3.63) is 33.4 Å². The molecular formula is C13H12BrF2NO. The molecule has 96 valence electrons. The smallest absolute Gasteiger partial charge is 0.148 e. The minimum atomic E-state index is -0.455. The van der Waals surface area contributed by atoms with Crippen molar-refractivity contribution in [1.29, 1.82) is 0 Å². The summed E-state index contributed by atoms with van der Waals surface area (Å²) in [4.78, 5) is 2.95. The third-order valence-corrected chi connectivity index (χ3v) is 3.96. The number of aromatic nitrogens is 1. The Morgan fingerprint density at radius 1 is 1.39 bits per heavy atom. The molecule has 0 atom stereocenters. The summed E-state index contributed by atoms with van der Waals surface area (Å²) in [5.41, 5.74) is 1.47. The predicted molar refractivity (Wildman–Crippen MR) is 68.6 cm³/mol. The van der Waals surface area contributed by atoms with E-state index in [1.807, 2.05) is 13.8 Å². The van der Waals surface area contributed by atoms with Gasteiger partial charge >= 0.3 is 0 Å². The van der Waals surface area contributed by atoms with Crippen molar-refractivity contribution >= 4 is 26.8 Å². The average Bonchev–Trinajstić information content (AvgIpc) is 2.67. The van der Waals surface area contributed by atoms with Gasteiger partial charge in [-0.2, -0.15) is 0 Å². The molecule has 2 aromatic rings. The van der Waals surface area contributed by atoms with Gasteiger partial charge in [0.05, 0.1) is 23.2 Å². The van der Waals surface area contributed by atoms with Gasteiger partial charge in [-0.3, -0.25) is 0 Å². The predicted octanol–water partition coefficient (Wildman–Crippen LogP) is 4.02. The highest BCUT2D eigenvalue weighted by Crippen LogP contribution is 2.40. The number of halogens is 3. The average molecular weight is 316 g/mol. The molecule has 1 N–H and O–H groups in total. The highest BCUT2D eigenvalue weighted by Gasteiger charge is 2.34. The van der Waals surface area contributed by atoms with Crippen molar-refractivity contribution in [2.75, 3.05) is 6.61 Å². The minimum absolute atomic E-state index is 0.150. The van der Waals surface area contributed by atoms with Crippen molar-refractivity contribution in [3.63, 3.8) is 0 Å². The van der Waals surface area contributed by atoms with Crippen LogP contribution >= 0.6 is 15.9 Å². The van der Waals surface area contributed by atoms with Gasteiger partial charge in [0.15, 0.2) is 0 Å². The summed E-state index contributed by atoms with van der Waals surface area (Å²) >= 11 is 3.06. The van der Waals surface area contributed by atoms with E-state index < -0.39 is 11.6 Å². The van der Waals surface area contributed by atoms with E-state index in [1.54, 1.807) is 0 Å². The summed E-state index contributed by atoms with van der Waals surface area (Å²) in [6.45, 7) is 4.80. The van der Waals surface area contributed by atoms with Crippen LogP contribution in [0.5, 0.6) is 0 Å². The lowest BCUT2D eigenvalue weighted by molar-refractivity contribution is 0.0629. The van der Waals surface area contributed by atoms with E-state index in [4.69, 9.17) is 4.74 Å². The second-order valence-corrected chi connectivity index (χ2v) is 6.11. The SMILES string of the molecule is CC1(C)COCc2[nH]c3c(F)cc(Br)c(F)c3c21. The van der Waals surface area contributed by atoms with Gasteiger partial charge in [0.25, 0.3) is 0 Å². The Balaban J connectivity index is 2.48. The summed E-state index contributed by atoms with van der Waals surface area (Å²) in [6, 6.07) is 1.15. The molecule has 0 amide bonds. The van der Waals surface area contributed by atoms with E-state index in [2.05, 4.69) is 20.9 Å². The normalized spacial score (nSPS) is 18.1. The number of fused-ring (bicyclic) bond motifs is 3. The standard InChI is InChI=1S/C13H12BrF2NO/c1-13(2)5-18-4-8-10(13)9-11(16)6(14)3-7(15)12(9)17-8/h3,17H,4-5H2,1-2H3. The molecule has 0 fully saturated rings. The van der Waals surface area contributed by atoms with E-state index in [0.717, 1.165) is 17.3 Å². The second-order valence-electron chi connectivity index (χ2n) is 5.26. The van der Waals surface area contributed by atoms with Gasteiger partial charge in [-0.05, 0) is 27.6 Å². The van der Waals surface area contributed by atoms with E-state index in [9.17, 15) is 8.78 Å². The maximum absolute atomic E-state index is 14.3. The molecule has 1 aromatic carbocycles. The van der Waals surface area contributed by atoms with E-state index >= 15 is 0 Å². The van der Waals surface area contributed by atoms with Crippen LogP contribution < -0.4 is 0 Å². The fourth-order valence-corrected chi connectivity index (χ4v) is 3.05. The summed E-state index contributed by atoms with van der Waals surface area (Å²) in [5, 5.41) is 0.338. The fourth-order valence-electron chi connectivity index (χ4n) is 2.65. The van der Waals surface area contributed by atoms with Crippen LogP contribution in [-0.2, 0) is 16.8 Å². The Bertz CT molecular complexity index is 648. The molecule has 0 radical (unpaired) electrons. The molecule has 0 bridgehead atoms. The topological polar surface area (TPSA) is 25.0 Å². The van der Waals surface area contributed by atoms with Gasteiger partial charge in [-0.15, -0.1) is 0 Å². The number of hydrogen-bond donors (Lipinski definition) is 1. The van der Waals surface area contributed by atoms with Gasteiger partial charge in [-0.25, -0.2) is 8.78 Å². The van der Waals surface area contributed by atoms with Crippen molar-refractivity contribution in [1.82, 2.24) is 4.98 Å². The van der Waals surface area contributed by atoms with Crippen LogP contribution in [0.4, 0.5) is 8.78 Å². The zero-order valence-corrected chi connectivity index (χ0v) is 11.6. The Labute approximate surface area is 111 Å². The molecule has 3 rings (SSSR count). The first-order valence-electron chi connectivity index (χ1n) is 5.68. The number of hydrogen-bond acceptors (Lipinski definition) is 1. The maximum Gasteiger partial charge on any atom is 0.148 e. The van der Waals surface area contributed by atoms with E-state index in [0.29, 0.717) is 18.6 Å². The van der Waals surface area contributed by atoms with Crippen molar-refractivity contribution in [2.24, 2.45) is 0 Å². The van der Waals surface area contributed by atoms with Gasteiger partial charge < -0.3 is 9.72 Å². The highest BCUT2D eigenvalue weighted by atomic mass is 79.9. The van der Waals surface area contributed by atoms with E-state index in [-0.39, 0.29) is 15.4 Å². The van der Waals surface area contributed by atoms with Crippen LogP contribution in [0.15, 0.2) is 10.5 Å².